The van der Waals surface area contributed by atoms with E-state index in [4.69, 9.17) is 5.11 Å². The summed E-state index contributed by atoms with van der Waals surface area (Å²) in [4.78, 5) is 11.2. The van der Waals surface area contributed by atoms with E-state index in [2.05, 4.69) is 5.32 Å². The molecule has 1 aromatic rings. The molecule has 0 aliphatic rings. The molecule has 15 heavy (non-hydrogen) atoms. The van der Waals surface area contributed by atoms with Crippen molar-refractivity contribution >= 4 is 11.5 Å². The number of rotatable bonds is 4. The van der Waals surface area contributed by atoms with Gasteiger partial charge in [-0.15, -0.1) is 0 Å². The average Bonchev–Trinajstić information content (AvgIpc) is 2.17. The lowest BCUT2D eigenvalue weighted by molar-refractivity contribution is 0.101. The molecule has 0 radical (unpaired) electrons. The summed E-state index contributed by atoms with van der Waals surface area (Å²) < 4.78 is 13.3. The lowest BCUT2D eigenvalue weighted by Gasteiger charge is -2.15. The third-order valence-electron chi connectivity index (χ3n) is 2.04. The second-order valence-corrected chi connectivity index (χ2v) is 3.45. The minimum absolute atomic E-state index is 0.0396. The summed E-state index contributed by atoms with van der Waals surface area (Å²) in [6.07, 6.45) is 0. The molecule has 0 aromatic heterocycles. The molecular weight excluding hydrogens is 197 g/mol. The third kappa shape index (κ3) is 2.76. The van der Waals surface area contributed by atoms with Crippen molar-refractivity contribution in [1.82, 2.24) is 0 Å². The Labute approximate surface area is 87.9 Å². The molecule has 3 nitrogen and oxygen atoms in total. The SMILES string of the molecule is CC(=O)c1c(F)cccc1N[C@H](C)CO. The topological polar surface area (TPSA) is 49.3 Å². The maximum Gasteiger partial charge on any atom is 0.164 e. The Morgan fingerprint density at radius 2 is 2.27 bits per heavy atom. The summed E-state index contributed by atoms with van der Waals surface area (Å²) in [6, 6.07) is 4.16. The summed E-state index contributed by atoms with van der Waals surface area (Å²) in [5, 5.41) is 11.7. The molecule has 1 aromatic carbocycles. The minimum atomic E-state index is -0.544. The highest BCUT2D eigenvalue weighted by Crippen LogP contribution is 2.20. The van der Waals surface area contributed by atoms with Crippen molar-refractivity contribution in [3.63, 3.8) is 0 Å². The number of aliphatic hydroxyl groups is 1. The van der Waals surface area contributed by atoms with Crippen molar-refractivity contribution < 1.29 is 14.3 Å². The van der Waals surface area contributed by atoms with E-state index in [1.807, 2.05) is 0 Å². The number of nitrogens with one attached hydrogen (secondary N) is 1. The van der Waals surface area contributed by atoms with E-state index in [9.17, 15) is 9.18 Å². The van der Waals surface area contributed by atoms with Gasteiger partial charge in [-0.25, -0.2) is 4.39 Å². The Morgan fingerprint density at radius 1 is 1.60 bits per heavy atom. The van der Waals surface area contributed by atoms with Gasteiger partial charge < -0.3 is 10.4 Å². The number of hydrogen-bond acceptors (Lipinski definition) is 3. The van der Waals surface area contributed by atoms with E-state index in [0.717, 1.165) is 0 Å². The van der Waals surface area contributed by atoms with Crippen LogP contribution in [-0.4, -0.2) is 23.5 Å². The predicted octanol–water partition coefficient (Wildman–Crippen LogP) is 1.82. The Bertz CT molecular complexity index is 366. The fourth-order valence-electron chi connectivity index (χ4n) is 1.31. The number of hydrogen-bond donors (Lipinski definition) is 2. The second-order valence-electron chi connectivity index (χ2n) is 3.45. The lowest BCUT2D eigenvalue weighted by atomic mass is 10.1. The van der Waals surface area contributed by atoms with E-state index in [-0.39, 0.29) is 24.0 Å². The van der Waals surface area contributed by atoms with Crippen molar-refractivity contribution in [1.29, 1.82) is 0 Å². The van der Waals surface area contributed by atoms with Gasteiger partial charge in [0.15, 0.2) is 5.78 Å². The van der Waals surface area contributed by atoms with Gasteiger partial charge in [0.2, 0.25) is 0 Å². The molecule has 1 atom stereocenters. The van der Waals surface area contributed by atoms with Crippen LogP contribution in [0.3, 0.4) is 0 Å². The molecule has 0 spiro atoms. The van der Waals surface area contributed by atoms with Crippen LogP contribution in [0.1, 0.15) is 24.2 Å². The molecule has 0 aliphatic carbocycles. The smallest absolute Gasteiger partial charge is 0.164 e. The van der Waals surface area contributed by atoms with Crippen LogP contribution in [0.2, 0.25) is 0 Å². The van der Waals surface area contributed by atoms with Crippen LogP contribution in [0, 0.1) is 5.82 Å². The standard InChI is InChI=1S/C11H14FNO2/c1-7(6-14)13-10-5-3-4-9(12)11(10)8(2)15/h3-5,7,13-14H,6H2,1-2H3/t7-/m1/s1. The van der Waals surface area contributed by atoms with Crippen LogP contribution in [0.4, 0.5) is 10.1 Å². The summed E-state index contributed by atoms with van der Waals surface area (Å²) in [6.45, 7) is 2.98. The van der Waals surface area contributed by atoms with Gasteiger partial charge >= 0.3 is 0 Å². The Balaban J connectivity index is 3.06. The lowest BCUT2D eigenvalue weighted by Crippen LogP contribution is -2.21. The highest BCUT2D eigenvalue weighted by Gasteiger charge is 2.13. The van der Waals surface area contributed by atoms with E-state index < -0.39 is 5.82 Å². The quantitative estimate of drug-likeness (QED) is 0.747. The maximum atomic E-state index is 13.3. The molecular formula is C11H14FNO2. The third-order valence-corrected chi connectivity index (χ3v) is 2.04. The van der Waals surface area contributed by atoms with Crippen LogP contribution in [-0.2, 0) is 0 Å². The molecule has 0 bridgehead atoms. The molecule has 4 heteroatoms. The van der Waals surface area contributed by atoms with E-state index in [1.165, 1.54) is 19.1 Å². The Kier molecular flexibility index (Phi) is 3.80. The first kappa shape index (κ1) is 11.7. The molecule has 0 heterocycles. The van der Waals surface area contributed by atoms with Gasteiger partial charge in [0, 0.05) is 11.7 Å². The Morgan fingerprint density at radius 3 is 2.80 bits per heavy atom. The van der Waals surface area contributed by atoms with Crippen molar-refractivity contribution in [2.24, 2.45) is 0 Å². The fraction of sp³-hybridized carbons (Fsp3) is 0.364. The molecule has 0 saturated heterocycles. The van der Waals surface area contributed by atoms with Crippen LogP contribution >= 0.6 is 0 Å². The van der Waals surface area contributed by atoms with Crippen LogP contribution < -0.4 is 5.32 Å². The number of benzene rings is 1. The second kappa shape index (κ2) is 4.89. The van der Waals surface area contributed by atoms with E-state index in [0.29, 0.717) is 5.69 Å². The van der Waals surface area contributed by atoms with Gasteiger partial charge in [0.1, 0.15) is 5.82 Å². The van der Waals surface area contributed by atoms with Crippen molar-refractivity contribution in [2.75, 3.05) is 11.9 Å². The zero-order valence-electron chi connectivity index (χ0n) is 8.75. The zero-order valence-corrected chi connectivity index (χ0v) is 8.75. The largest absolute Gasteiger partial charge is 0.394 e. The molecule has 0 saturated carbocycles. The van der Waals surface area contributed by atoms with Gasteiger partial charge in [0.25, 0.3) is 0 Å². The van der Waals surface area contributed by atoms with E-state index in [1.54, 1.807) is 13.0 Å². The molecule has 82 valence electrons. The van der Waals surface area contributed by atoms with Gasteiger partial charge in [0.05, 0.1) is 12.2 Å². The number of anilines is 1. The predicted molar refractivity (Wildman–Crippen MR) is 56.6 cm³/mol. The van der Waals surface area contributed by atoms with Crippen LogP contribution in [0.5, 0.6) is 0 Å². The molecule has 0 fully saturated rings. The number of ketones is 1. The molecule has 0 aliphatic heterocycles. The van der Waals surface area contributed by atoms with E-state index >= 15 is 0 Å². The fourth-order valence-corrected chi connectivity index (χ4v) is 1.31. The maximum absolute atomic E-state index is 13.3. The Hall–Kier alpha value is -1.42. The number of Topliss-reactive ketones (excluding diaryl/α,β-unsaturated/α-hetero) is 1. The highest BCUT2D eigenvalue weighted by molar-refractivity contribution is 5.99. The first-order chi connectivity index (χ1) is 7.06. The first-order valence-corrected chi connectivity index (χ1v) is 4.73. The molecule has 2 N–H and O–H groups in total. The number of carbonyl (C=O) groups is 1. The molecule has 0 unspecified atom stereocenters. The van der Waals surface area contributed by atoms with Gasteiger partial charge in [-0.2, -0.15) is 0 Å². The van der Waals surface area contributed by atoms with Crippen molar-refractivity contribution in [2.45, 2.75) is 19.9 Å². The highest BCUT2D eigenvalue weighted by atomic mass is 19.1. The monoisotopic (exact) mass is 211 g/mol. The van der Waals surface area contributed by atoms with Crippen LogP contribution in [0.25, 0.3) is 0 Å². The summed E-state index contributed by atoms with van der Waals surface area (Å²) in [5.41, 5.74) is 0.460. The summed E-state index contributed by atoms with van der Waals surface area (Å²) in [5.74, 6) is -0.877. The van der Waals surface area contributed by atoms with Gasteiger partial charge in [-0.05, 0) is 26.0 Å². The molecule has 0 amide bonds. The number of carbonyl (C=O) groups excluding carboxylic acids is 1. The number of aliphatic hydroxyl groups excluding tert-OH is 1. The van der Waals surface area contributed by atoms with Gasteiger partial charge in [-0.3, -0.25) is 4.79 Å². The summed E-state index contributed by atoms with van der Waals surface area (Å²) in [7, 11) is 0. The normalized spacial score (nSPS) is 12.3. The first-order valence-electron chi connectivity index (χ1n) is 4.73. The van der Waals surface area contributed by atoms with Gasteiger partial charge in [-0.1, -0.05) is 6.07 Å². The minimum Gasteiger partial charge on any atom is -0.394 e. The summed E-state index contributed by atoms with van der Waals surface area (Å²) >= 11 is 0. The van der Waals surface area contributed by atoms with Crippen molar-refractivity contribution in [3.8, 4) is 0 Å². The van der Waals surface area contributed by atoms with Crippen LogP contribution in [0.15, 0.2) is 18.2 Å². The number of halogens is 1. The van der Waals surface area contributed by atoms with Crippen molar-refractivity contribution in [3.05, 3.63) is 29.6 Å². The zero-order chi connectivity index (χ0) is 11.4. The average molecular weight is 211 g/mol. The molecule has 1 rings (SSSR count).